The van der Waals surface area contributed by atoms with Crippen molar-refractivity contribution in [2.75, 3.05) is 18.8 Å². The maximum Gasteiger partial charge on any atom is 0.232 e. The van der Waals surface area contributed by atoms with Gasteiger partial charge in [0.05, 0.1) is 12.3 Å². The van der Waals surface area contributed by atoms with Gasteiger partial charge >= 0.3 is 0 Å². The van der Waals surface area contributed by atoms with Gasteiger partial charge in [-0.3, -0.25) is 4.79 Å². The third-order valence-electron chi connectivity index (χ3n) is 4.73. The molecule has 0 unspecified atom stereocenters. The van der Waals surface area contributed by atoms with Crippen molar-refractivity contribution in [3.8, 4) is 0 Å². The predicted octanol–water partition coefficient (Wildman–Crippen LogP) is 2.76. The summed E-state index contributed by atoms with van der Waals surface area (Å²) in [5.74, 6) is 0.544. The molecular formula is C19H22N6OS. The fraction of sp³-hybridized carbons (Fsp3) is 0.421. The molecule has 1 aliphatic heterocycles. The molecule has 3 heterocycles. The van der Waals surface area contributed by atoms with Gasteiger partial charge in [-0.15, -0.1) is 5.10 Å². The first-order valence-corrected chi connectivity index (χ1v) is 10.3. The van der Waals surface area contributed by atoms with Crippen LogP contribution in [0.5, 0.6) is 0 Å². The maximum absolute atomic E-state index is 12.5. The van der Waals surface area contributed by atoms with Crippen LogP contribution in [0.3, 0.4) is 0 Å². The topological polar surface area (TPSA) is 76.8 Å². The lowest BCUT2D eigenvalue weighted by Gasteiger charge is -2.19. The van der Waals surface area contributed by atoms with E-state index >= 15 is 0 Å². The second-order valence-electron chi connectivity index (χ2n) is 6.67. The molecule has 0 N–H and O–H groups in total. The van der Waals surface area contributed by atoms with Gasteiger partial charge in [0.1, 0.15) is 11.4 Å². The molecule has 0 aliphatic carbocycles. The molecule has 0 bridgehead atoms. The zero-order chi connectivity index (χ0) is 18.5. The molecular weight excluding hydrogens is 360 g/mol. The Kier molecular flexibility index (Phi) is 5.62. The molecule has 1 fully saturated rings. The summed E-state index contributed by atoms with van der Waals surface area (Å²) in [4.78, 5) is 23.2. The third kappa shape index (κ3) is 4.27. The molecule has 140 valence electrons. The number of fused-ring (bicyclic) bond motifs is 1. The normalized spacial score (nSPS) is 15.0. The van der Waals surface area contributed by atoms with Crippen LogP contribution in [-0.2, 0) is 11.3 Å². The van der Waals surface area contributed by atoms with Gasteiger partial charge in [0.15, 0.2) is 11.2 Å². The first kappa shape index (κ1) is 17.9. The second kappa shape index (κ2) is 8.47. The summed E-state index contributed by atoms with van der Waals surface area (Å²) in [6.07, 6.45) is 6.15. The summed E-state index contributed by atoms with van der Waals surface area (Å²) in [5.41, 5.74) is 2.48. The Morgan fingerprint density at radius 2 is 1.81 bits per heavy atom. The van der Waals surface area contributed by atoms with E-state index in [1.165, 1.54) is 30.9 Å². The number of amides is 1. The van der Waals surface area contributed by atoms with Gasteiger partial charge < -0.3 is 4.90 Å². The molecule has 1 saturated heterocycles. The van der Waals surface area contributed by atoms with E-state index in [0.29, 0.717) is 28.5 Å². The van der Waals surface area contributed by atoms with E-state index in [9.17, 15) is 4.79 Å². The summed E-state index contributed by atoms with van der Waals surface area (Å²) in [5, 5.41) is 9.21. The number of likely N-dealkylation sites (tertiary alicyclic amines) is 1. The molecule has 1 amide bonds. The number of rotatable bonds is 5. The second-order valence-corrected chi connectivity index (χ2v) is 7.63. The highest BCUT2D eigenvalue weighted by molar-refractivity contribution is 8.00. The average molecular weight is 382 g/mol. The Labute approximate surface area is 162 Å². The molecule has 3 aromatic rings. The molecule has 4 rings (SSSR count). The number of thioether (sulfide) groups is 1. The van der Waals surface area contributed by atoms with Crippen molar-refractivity contribution in [2.24, 2.45) is 0 Å². The minimum atomic E-state index is 0.172. The lowest BCUT2D eigenvalue weighted by Crippen LogP contribution is -2.33. The van der Waals surface area contributed by atoms with Crippen LogP contribution in [0.15, 0.2) is 41.7 Å². The summed E-state index contributed by atoms with van der Waals surface area (Å²) in [6.45, 7) is 2.34. The summed E-state index contributed by atoms with van der Waals surface area (Å²) in [7, 11) is 0. The molecule has 7 nitrogen and oxygen atoms in total. The maximum atomic E-state index is 12.5. The fourth-order valence-corrected chi connectivity index (χ4v) is 4.11. The largest absolute Gasteiger partial charge is 0.342 e. The molecule has 0 atom stereocenters. The van der Waals surface area contributed by atoms with Crippen molar-refractivity contribution in [2.45, 2.75) is 37.3 Å². The van der Waals surface area contributed by atoms with E-state index < -0.39 is 0 Å². The molecule has 0 saturated carbocycles. The zero-order valence-corrected chi connectivity index (χ0v) is 15.9. The molecule has 1 aliphatic rings. The van der Waals surface area contributed by atoms with E-state index in [1.807, 2.05) is 35.2 Å². The Bertz CT molecular complexity index is 905. The van der Waals surface area contributed by atoms with E-state index in [0.717, 1.165) is 31.5 Å². The molecule has 2 aromatic heterocycles. The molecule has 0 radical (unpaired) electrons. The number of carbonyl (C=O) groups is 1. The minimum Gasteiger partial charge on any atom is -0.342 e. The van der Waals surface area contributed by atoms with Gasteiger partial charge in [0.2, 0.25) is 5.91 Å². The number of carbonyl (C=O) groups excluding carboxylic acids is 1. The van der Waals surface area contributed by atoms with Crippen LogP contribution in [0.1, 0.15) is 31.2 Å². The van der Waals surface area contributed by atoms with Crippen LogP contribution in [0, 0.1) is 0 Å². The average Bonchev–Trinajstić information content (AvgIpc) is 2.92. The summed E-state index contributed by atoms with van der Waals surface area (Å²) in [6, 6.07) is 10.1. The van der Waals surface area contributed by atoms with E-state index in [1.54, 1.807) is 4.68 Å². The van der Waals surface area contributed by atoms with Crippen molar-refractivity contribution in [3.63, 3.8) is 0 Å². The quantitative estimate of drug-likeness (QED) is 0.499. The number of aromatic nitrogens is 5. The first-order valence-electron chi connectivity index (χ1n) is 9.30. The van der Waals surface area contributed by atoms with Gasteiger partial charge in [-0.1, -0.05) is 60.1 Å². The lowest BCUT2D eigenvalue weighted by molar-refractivity contribution is -0.128. The SMILES string of the molecule is O=C(CSc1ncnc2c1nnn2Cc1ccccc1)N1CCCCCC1. The number of benzene rings is 1. The van der Waals surface area contributed by atoms with Crippen LogP contribution in [0.25, 0.3) is 11.2 Å². The highest BCUT2D eigenvalue weighted by Gasteiger charge is 2.18. The van der Waals surface area contributed by atoms with Crippen molar-refractivity contribution < 1.29 is 4.79 Å². The Morgan fingerprint density at radius 1 is 1.04 bits per heavy atom. The van der Waals surface area contributed by atoms with Crippen LogP contribution in [0.4, 0.5) is 0 Å². The number of hydrogen-bond donors (Lipinski definition) is 0. The van der Waals surface area contributed by atoms with Crippen LogP contribution in [0.2, 0.25) is 0 Å². The van der Waals surface area contributed by atoms with Gasteiger partial charge in [0.25, 0.3) is 0 Å². The molecule has 1 aromatic carbocycles. The van der Waals surface area contributed by atoms with Gasteiger partial charge in [-0.05, 0) is 18.4 Å². The van der Waals surface area contributed by atoms with E-state index in [2.05, 4.69) is 20.3 Å². The Hall–Kier alpha value is -2.48. The molecule has 0 spiro atoms. The lowest BCUT2D eigenvalue weighted by atomic mass is 10.2. The minimum absolute atomic E-state index is 0.172. The number of hydrogen-bond acceptors (Lipinski definition) is 6. The zero-order valence-electron chi connectivity index (χ0n) is 15.1. The smallest absolute Gasteiger partial charge is 0.232 e. The van der Waals surface area contributed by atoms with Crippen LogP contribution < -0.4 is 0 Å². The van der Waals surface area contributed by atoms with Gasteiger partial charge in [-0.2, -0.15) is 0 Å². The van der Waals surface area contributed by atoms with Crippen molar-refractivity contribution in [3.05, 3.63) is 42.2 Å². The highest BCUT2D eigenvalue weighted by Crippen LogP contribution is 2.23. The summed E-state index contributed by atoms with van der Waals surface area (Å²) < 4.78 is 1.77. The predicted molar refractivity (Wildman–Crippen MR) is 104 cm³/mol. The van der Waals surface area contributed by atoms with Gasteiger partial charge in [-0.25, -0.2) is 14.6 Å². The van der Waals surface area contributed by atoms with Crippen LogP contribution >= 0.6 is 11.8 Å². The Balaban J connectivity index is 1.47. The standard InChI is InChI=1S/C19H22N6OS/c26-16(24-10-6-1-2-7-11-24)13-27-19-17-18(20-14-21-19)25(23-22-17)12-15-8-4-3-5-9-15/h3-5,8-9,14H,1-2,6-7,10-13H2. The van der Waals surface area contributed by atoms with E-state index in [-0.39, 0.29) is 5.91 Å². The van der Waals surface area contributed by atoms with Crippen molar-refractivity contribution >= 4 is 28.8 Å². The number of nitrogens with zero attached hydrogens (tertiary/aromatic N) is 6. The molecule has 8 heteroatoms. The molecule has 27 heavy (non-hydrogen) atoms. The highest BCUT2D eigenvalue weighted by atomic mass is 32.2. The fourth-order valence-electron chi connectivity index (χ4n) is 3.28. The third-order valence-corrected chi connectivity index (χ3v) is 5.70. The van der Waals surface area contributed by atoms with Crippen molar-refractivity contribution in [1.29, 1.82) is 0 Å². The Morgan fingerprint density at radius 3 is 2.59 bits per heavy atom. The van der Waals surface area contributed by atoms with Crippen LogP contribution in [-0.4, -0.2) is 54.6 Å². The monoisotopic (exact) mass is 382 g/mol. The van der Waals surface area contributed by atoms with Crippen molar-refractivity contribution in [1.82, 2.24) is 29.9 Å². The van der Waals surface area contributed by atoms with Gasteiger partial charge in [0, 0.05) is 13.1 Å². The summed E-state index contributed by atoms with van der Waals surface area (Å²) >= 11 is 1.42. The first-order chi connectivity index (χ1) is 13.3. The van der Waals surface area contributed by atoms with E-state index in [4.69, 9.17) is 0 Å².